The summed E-state index contributed by atoms with van der Waals surface area (Å²) in [6, 6.07) is 6.28. The average Bonchev–Trinajstić information content (AvgIpc) is 3.12. The van der Waals surface area contributed by atoms with Gasteiger partial charge in [0.05, 0.1) is 6.61 Å². The zero-order valence-corrected chi connectivity index (χ0v) is 16.7. The first-order valence-electron chi connectivity index (χ1n) is 9.57. The topological polar surface area (TPSA) is 96.0 Å². The highest BCUT2D eigenvalue weighted by molar-refractivity contribution is 7.89. The molecule has 1 aromatic carbocycles. The summed E-state index contributed by atoms with van der Waals surface area (Å²) in [4.78, 5) is 26.0. The Labute approximate surface area is 164 Å². The second kappa shape index (κ2) is 7.04. The van der Waals surface area contributed by atoms with E-state index in [1.807, 2.05) is 0 Å². The summed E-state index contributed by atoms with van der Waals surface area (Å²) in [5, 5.41) is 2.73. The van der Waals surface area contributed by atoms with Crippen LogP contribution in [0.4, 0.5) is 0 Å². The molecular formula is C19H25N3O5S. The lowest BCUT2D eigenvalue weighted by molar-refractivity contribution is -0.137. The molecule has 0 aromatic heterocycles. The Morgan fingerprint density at radius 1 is 1.25 bits per heavy atom. The van der Waals surface area contributed by atoms with Gasteiger partial charge in [-0.3, -0.25) is 9.59 Å². The Morgan fingerprint density at radius 2 is 1.96 bits per heavy atom. The number of hydrogen-bond acceptors (Lipinski definition) is 5. The Hall–Kier alpha value is -2.13. The normalized spacial score (nSPS) is 26.7. The van der Waals surface area contributed by atoms with Crippen LogP contribution in [-0.2, 0) is 19.6 Å². The van der Waals surface area contributed by atoms with E-state index in [0.29, 0.717) is 57.7 Å². The summed E-state index contributed by atoms with van der Waals surface area (Å²) in [6.45, 7) is 1.83. The number of nitrogens with one attached hydrogen (secondary N) is 1. The Balaban J connectivity index is 1.50. The first-order chi connectivity index (χ1) is 13.3. The minimum atomic E-state index is -3.62. The molecule has 3 heterocycles. The van der Waals surface area contributed by atoms with Crippen LogP contribution in [0.2, 0.25) is 0 Å². The number of ether oxygens (including phenoxy) is 1. The Bertz CT molecular complexity index is 893. The average molecular weight is 407 g/mol. The van der Waals surface area contributed by atoms with Crippen molar-refractivity contribution in [3.05, 3.63) is 24.3 Å². The van der Waals surface area contributed by atoms with Gasteiger partial charge in [0.15, 0.2) is 0 Å². The number of benzene rings is 1. The Morgan fingerprint density at radius 3 is 2.64 bits per heavy atom. The summed E-state index contributed by atoms with van der Waals surface area (Å²) in [7, 11) is -2.02. The molecule has 3 aliphatic heterocycles. The highest BCUT2D eigenvalue weighted by Gasteiger charge is 2.43. The van der Waals surface area contributed by atoms with Gasteiger partial charge in [0, 0.05) is 38.5 Å². The fourth-order valence-corrected chi connectivity index (χ4v) is 5.72. The van der Waals surface area contributed by atoms with Crippen molar-refractivity contribution in [1.29, 1.82) is 0 Å². The number of sulfonamides is 1. The van der Waals surface area contributed by atoms with E-state index >= 15 is 0 Å². The molecule has 2 saturated heterocycles. The third kappa shape index (κ3) is 3.37. The number of nitrogens with zero attached hydrogens (tertiary/aromatic N) is 2. The van der Waals surface area contributed by atoms with Crippen molar-refractivity contribution in [2.45, 2.75) is 36.6 Å². The van der Waals surface area contributed by atoms with Crippen molar-refractivity contribution in [3.8, 4) is 5.75 Å². The van der Waals surface area contributed by atoms with Gasteiger partial charge in [-0.2, -0.15) is 0 Å². The lowest BCUT2D eigenvalue weighted by Gasteiger charge is -2.44. The fourth-order valence-electron chi connectivity index (χ4n) is 4.31. The van der Waals surface area contributed by atoms with Crippen molar-refractivity contribution in [2.75, 3.05) is 33.3 Å². The van der Waals surface area contributed by atoms with Gasteiger partial charge in [-0.1, -0.05) is 12.1 Å². The van der Waals surface area contributed by atoms with Crippen LogP contribution in [0.15, 0.2) is 29.2 Å². The molecule has 0 radical (unpaired) electrons. The molecule has 0 bridgehead atoms. The zero-order valence-electron chi connectivity index (χ0n) is 15.9. The monoisotopic (exact) mass is 407 g/mol. The maximum Gasteiger partial charge on any atom is 0.246 e. The molecule has 1 unspecified atom stereocenters. The number of amides is 2. The van der Waals surface area contributed by atoms with E-state index in [1.54, 1.807) is 36.2 Å². The van der Waals surface area contributed by atoms with Gasteiger partial charge >= 0.3 is 0 Å². The molecule has 9 heteroatoms. The fraction of sp³-hybridized carbons (Fsp3) is 0.579. The van der Waals surface area contributed by atoms with Crippen LogP contribution < -0.4 is 10.1 Å². The molecule has 4 rings (SSSR count). The number of carbonyl (C=O) groups is 2. The molecule has 2 fully saturated rings. The van der Waals surface area contributed by atoms with Crippen LogP contribution >= 0.6 is 0 Å². The lowest BCUT2D eigenvalue weighted by atomic mass is 9.78. The second-order valence-electron chi connectivity index (χ2n) is 7.98. The van der Waals surface area contributed by atoms with Gasteiger partial charge in [0.25, 0.3) is 0 Å². The minimum absolute atomic E-state index is 0.0428. The Kier molecular flexibility index (Phi) is 4.83. The summed E-state index contributed by atoms with van der Waals surface area (Å²) in [5.74, 6) is 0.255. The minimum Gasteiger partial charge on any atom is -0.492 e. The molecular weight excluding hydrogens is 382 g/mol. The van der Waals surface area contributed by atoms with Crippen LogP contribution in [0.3, 0.4) is 0 Å². The van der Waals surface area contributed by atoms with Gasteiger partial charge in [-0.05, 0) is 31.4 Å². The van der Waals surface area contributed by atoms with E-state index in [9.17, 15) is 18.0 Å². The van der Waals surface area contributed by atoms with Gasteiger partial charge in [-0.25, -0.2) is 12.7 Å². The van der Waals surface area contributed by atoms with E-state index in [0.717, 1.165) is 0 Å². The highest BCUT2D eigenvalue weighted by atomic mass is 32.2. The van der Waals surface area contributed by atoms with E-state index in [2.05, 4.69) is 5.32 Å². The number of hydrogen-bond donors (Lipinski definition) is 1. The van der Waals surface area contributed by atoms with E-state index in [1.165, 1.54) is 4.31 Å². The van der Waals surface area contributed by atoms with Gasteiger partial charge in [-0.15, -0.1) is 0 Å². The van der Waals surface area contributed by atoms with E-state index in [4.69, 9.17) is 4.74 Å². The predicted octanol–water partition coefficient (Wildman–Crippen LogP) is 0.587. The van der Waals surface area contributed by atoms with Crippen LogP contribution in [0.5, 0.6) is 5.75 Å². The number of rotatable bonds is 1. The number of likely N-dealkylation sites (tertiary alicyclic amines) is 1. The summed E-state index contributed by atoms with van der Waals surface area (Å²) >= 11 is 0. The van der Waals surface area contributed by atoms with Crippen LogP contribution in [0.25, 0.3) is 0 Å². The number of fused-ring (bicyclic) bond motifs is 1. The third-order valence-electron chi connectivity index (χ3n) is 6.06. The van der Waals surface area contributed by atoms with Crippen LogP contribution in [-0.4, -0.2) is 68.8 Å². The molecule has 1 N–H and O–H groups in total. The standard InChI is InChI=1S/C19H25N3O5S/c1-21-12-19(13-27-15-4-2-3-5-16(15)28(21,25)26)8-10-22(11-9-19)18(24)14-6-7-17(23)20-14/h2-5,14H,6-13H2,1H3,(H,20,23). The molecule has 1 spiro atoms. The van der Waals surface area contributed by atoms with Gasteiger partial charge in [0.1, 0.15) is 16.7 Å². The molecule has 28 heavy (non-hydrogen) atoms. The molecule has 152 valence electrons. The van der Waals surface area contributed by atoms with Gasteiger partial charge in [0.2, 0.25) is 21.8 Å². The summed E-state index contributed by atoms with van der Waals surface area (Å²) < 4.78 is 33.2. The van der Waals surface area contributed by atoms with Crippen molar-refractivity contribution in [2.24, 2.45) is 5.41 Å². The molecule has 1 aromatic rings. The largest absolute Gasteiger partial charge is 0.492 e. The van der Waals surface area contributed by atoms with Crippen molar-refractivity contribution >= 4 is 21.8 Å². The van der Waals surface area contributed by atoms with Gasteiger partial charge < -0.3 is 15.0 Å². The first kappa shape index (κ1) is 19.2. The summed E-state index contributed by atoms with van der Waals surface area (Å²) in [6.07, 6.45) is 2.24. The number of carbonyl (C=O) groups excluding carboxylic acids is 2. The highest BCUT2D eigenvalue weighted by Crippen LogP contribution is 2.38. The maximum atomic E-state index is 12.9. The smallest absolute Gasteiger partial charge is 0.246 e. The van der Waals surface area contributed by atoms with Crippen molar-refractivity contribution < 1.29 is 22.7 Å². The quantitative estimate of drug-likeness (QED) is 0.735. The molecule has 8 nitrogen and oxygen atoms in total. The predicted molar refractivity (Wildman–Crippen MR) is 101 cm³/mol. The molecule has 0 saturated carbocycles. The lowest BCUT2D eigenvalue weighted by Crippen LogP contribution is -2.54. The van der Waals surface area contributed by atoms with Crippen molar-refractivity contribution in [3.63, 3.8) is 0 Å². The van der Waals surface area contributed by atoms with E-state index in [-0.39, 0.29) is 22.1 Å². The number of para-hydroxylation sites is 1. The molecule has 3 aliphatic rings. The SMILES string of the molecule is CN1CC2(CCN(C(=O)C3CCC(=O)N3)CC2)COc2ccccc2S1(=O)=O. The second-order valence-corrected chi connectivity index (χ2v) is 9.99. The first-order valence-corrected chi connectivity index (χ1v) is 11.0. The number of piperidine rings is 1. The maximum absolute atomic E-state index is 12.9. The molecule has 1 atom stereocenters. The third-order valence-corrected chi connectivity index (χ3v) is 7.90. The van der Waals surface area contributed by atoms with Crippen LogP contribution in [0.1, 0.15) is 25.7 Å². The van der Waals surface area contributed by atoms with Crippen molar-refractivity contribution in [1.82, 2.24) is 14.5 Å². The van der Waals surface area contributed by atoms with E-state index < -0.39 is 16.1 Å². The van der Waals surface area contributed by atoms with Crippen LogP contribution in [0, 0.1) is 5.41 Å². The zero-order chi connectivity index (χ0) is 19.9. The summed E-state index contributed by atoms with van der Waals surface area (Å²) in [5.41, 5.74) is -0.342. The molecule has 2 amide bonds. The molecule has 0 aliphatic carbocycles.